The van der Waals surface area contributed by atoms with Crippen LogP contribution >= 0.6 is 0 Å². The molecule has 0 spiro atoms. The lowest BCUT2D eigenvalue weighted by Gasteiger charge is -2.27. The fourth-order valence-electron chi connectivity index (χ4n) is 1.42. The third kappa shape index (κ3) is 1.69. The van der Waals surface area contributed by atoms with Crippen LogP contribution in [0.4, 0.5) is 0 Å². The Morgan fingerprint density at radius 2 is 2.21 bits per heavy atom. The van der Waals surface area contributed by atoms with Crippen LogP contribution in [-0.2, 0) is 4.79 Å². The predicted molar refractivity (Wildman–Crippen MR) is 52.8 cm³/mol. The molecule has 0 aromatic heterocycles. The minimum atomic E-state index is -0.907. The fourth-order valence-corrected chi connectivity index (χ4v) is 1.42. The topological polar surface area (TPSA) is 49.3 Å². The fraction of sp³-hybridized carbons (Fsp3) is 0.273. The molecule has 1 saturated heterocycles. The molecule has 3 heteroatoms. The molecule has 0 bridgehead atoms. The minimum Gasteiger partial charge on any atom is -0.478 e. The van der Waals surface area contributed by atoms with Crippen molar-refractivity contribution >= 4 is 5.97 Å². The molecule has 0 unspecified atom stereocenters. The summed E-state index contributed by atoms with van der Waals surface area (Å²) in [5.41, 5.74) is 4.31. The standard InChI is InChI=1S/C11H11NO2/c13-11(14)9-3-1-2-8(4-5-9)10-6-12-7-10/h2-5,10,12H,6-7H2,(H,13,14). The van der Waals surface area contributed by atoms with Crippen molar-refractivity contribution in [2.24, 2.45) is 5.92 Å². The second kappa shape index (κ2) is 3.66. The Morgan fingerprint density at radius 3 is 2.79 bits per heavy atom. The SMILES string of the molecule is O=C(O)C1=CC=C(C2CNC2)C=C=C1. The zero-order valence-electron chi connectivity index (χ0n) is 7.66. The van der Waals surface area contributed by atoms with Crippen LogP contribution in [0, 0.1) is 5.92 Å². The largest absolute Gasteiger partial charge is 0.478 e. The van der Waals surface area contributed by atoms with Crippen molar-refractivity contribution < 1.29 is 9.90 Å². The Kier molecular flexibility index (Phi) is 2.35. The number of allylic oxidation sites excluding steroid dienone is 2. The monoisotopic (exact) mass is 189 g/mol. The molecule has 72 valence electrons. The molecule has 1 aliphatic heterocycles. The maximum Gasteiger partial charge on any atom is 0.336 e. The summed E-state index contributed by atoms with van der Waals surface area (Å²) >= 11 is 0. The van der Waals surface area contributed by atoms with Gasteiger partial charge >= 0.3 is 5.97 Å². The number of carboxylic acids is 1. The number of hydrogen-bond acceptors (Lipinski definition) is 2. The average Bonchev–Trinajstić information content (AvgIpc) is 2.26. The molecule has 0 amide bonds. The van der Waals surface area contributed by atoms with E-state index >= 15 is 0 Å². The van der Waals surface area contributed by atoms with Gasteiger partial charge in [-0.1, -0.05) is 6.08 Å². The Labute approximate surface area is 82.1 Å². The van der Waals surface area contributed by atoms with Crippen molar-refractivity contribution in [2.75, 3.05) is 13.1 Å². The molecule has 0 atom stereocenters. The Balaban J connectivity index is 2.22. The molecule has 0 aromatic carbocycles. The molecule has 3 nitrogen and oxygen atoms in total. The summed E-state index contributed by atoms with van der Waals surface area (Å²) in [4.78, 5) is 10.7. The molecule has 2 aliphatic rings. The number of hydrogen-bond donors (Lipinski definition) is 2. The third-order valence-electron chi connectivity index (χ3n) is 2.44. The van der Waals surface area contributed by atoms with Crippen LogP contribution in [0.25, 0.3) is 0 Å². The highest BCUT2D eigenvalue weighted by Gasteiger charge is 2.19. The summed E-state index contributed by atoms with van der Waals surface area (Å²) in [5.74, 6) is -0.393. The first-order valence-corrected chi connectivity index (χ1v) is 4.56. The van der Waals surface area contributed by atoms with Gasteiger partial charge in [0.15, 0.2) is 0 Å². The molecular formula is C11H11NO2. The number of nitrogens with one attached hydrogen (secondary N) is 1. The number of carbonyl (C=O) groups is 1. The maximum atomic E-state index is 10.7. The Bertz CT molecular complexity index is 380. The van der Waals surface area contributed by atoms with E-state index in [1.54, 1.807) is 6.08 Å². The summed E-state index contributed by atoms with van der Waals surface area (Å²) in [7, 11) is 0. The van der Waals surface area contributed by atoms with Crippen molar-refractivity contribution in [3.8, 4) is 0 Å². The first-order valence-electron chi connectivity index (χ1n) is 4.56. The molecule has 2 rings (SSSR count). The van der Waals surface area contributed by atoms with Crippen LogP contribution in [0.1, 0.15) is 0 Å². The Morgan fingerprint density at radius 1 is 1.43 bits per heavy atom. The molecule has 1 aliphatic carbocycles. The van der Waals surface area contributed by atoms with Gasteiger partial charge in [-0.2, -0.15) is 0 Å². The highest BCUT2D eigenvalue weighted by Crippen LogP contribution is 2.18. The summed E-state index contributed by atoms with van der Waals surface area (Å²) in [6.45, 7) is 1.94. The number of aliphatic carboxylic acids is 1. The van der Waals surface area contributed by atoms with Crippen molar-refractivity contribution in [1.82, 2.24) is 5.32 Å². The quantitative estimate of drug-likeness (QED) is 0.634. The Hall–Kier alpha value is -1.57. The van der Waals surface area contributed by atoms with E-state index in [-0.39, 0.29) is 5.57 Å². The van der Waals surface area contributed by atoms with E-state index < -0.39 is 5.97 Å². The molecule has 0 saturated carbocycles. The summed E-state index contributed by atoms with van der Waals surface area (Å²) in [6.07, 6.45) is 6.85. The summed E-state index contributed by atoms with van der Waals surface area (Å²) in [6, 6.07) is 0. The molecule has 0 aromatic rings. The highest BCUT2D eigenvalue weighted by molar-refractivity contribution is 5.90. The zero-order chi connectivity index (χ0) is 9.97. The highest BCUT2D eigenvalue weighted by atomic mass is 16.4. The van der Waals surface area contributed by atoms with Gasteiger partial charge in [-0.25, -0.2) is 4.79 Å². The van der Waals surface area contributed by atoms with Crippen molar-refractivity contribution in [1.29, 1.82) is 0 Å². The van der Waals surface area contributed by atoms with E-state index in [0.29, 0.717) is 5.92 Å². The zero-order valence-corrected chi connectivity index (χ0v) is 7.66. The van der Waals surface area contributed by atoms with Crippen molar-refractivity contribution in [3.05, 3.63) is 41.2 Å². The number of carboxylic acid groups (broad SMARTS) is 1. The second-order valence-corrected chi connectivity index (χ2v) is 3.40. The molecule has 14 heavy (non-hydrogen) atoms. The lowest BCUT2D eigenvalue weighted by atomic mass is 9.93. The molecule has 1 fully saturated rings. The van der Waals surface area contributed by atoms with Gasteiger partial charge in [0.25, 0.3) is 0 Å². The van der Waals surface area contributed by atoms with Gasteiger partial charge in [0.1, 0.15) is 0 Å². The summed E-state index contributed by atoms with van der Waals surface area (Å²) in [5, 5.41) is 11.9. The van der Waals surface area contributed by atoms with Crippen LogP contribution in [-0.4, -0.2) is 24.2 Å². The number of rotatable bonds is 2. The normalized spacial score (nSPS) is 20.9. The van der Waals surface area contributed by atoms with Gasteiger partial charge in [0.05, 0.1) is 5.57 Å². The second-order valence-electron chi connectivity index (χ2n) is 3.40. The molecule has 0 radical (unpaired) electrons. The first-order chi connectivity index (χ1) is 6.77. The van der Waals surface area contributed by atoms with Gasteiger partial charge in [-0.3, -0.25) is 0 Å². The predicted octanol–water partition coefficient (Wildman–Crippen LogP) is 0.868. The average molecular weight is 189 g/mol. The first kappa shape index (κ1) is 9.00. The van der Waals surface area contributed by atoms with Gasteiger partial charge < -0.3 is 10.4 Å². The third-order valence-corrected chi connectivity index (χ3v) is 2.44. The van der Waals surface area contributed by atoms with Gasteiger partial charge in [0.2, 0.25) is 0 Å². The van der Waals surface area contributed by atoms with Gasteiger partial charge in [-0.15, -0.1) is 5.73 Å². The lowest BCUT2D eigenvalue weighted by molar-refractivity contribution is -0.132. The van der Waals surface area contributed by atoms with E-state index in [2.05, 4.69) is 11.0 Å². The van der Waals surface area contributed by atoms with Crippen LogP contribution in [0.3, 0.4) is 0 Å². The van der Waals surface area contributed by atoms with E-state index in [0.717, 1.165) is 18.7 Å². The van der Waals surface area contributed by atoms with Gasteiger partial charge in [0, 0.05) is 19.0 Å². The van der Waals surface area contributed by atoms with Crippen LogP contribution in [0.15, 0.2) is 41.2 Å². The van der Waals surface area contributed by atoms with Crippen molar-refractivity contribution in [2.45, 2.75) is 0 Å². The van der Waals surface area contributed by atoms with Crippen LogP contribution in [0.5, 0.6) is 0 Å². The van der Waals surface area contributed by atoms with E-state index in [1.165, 1.54) is 6.08 Å². The van der Waals surface area contributed by atoms with E-state index in [1.807, 2.05) is 12.2 Å². The van der Waals surface area contributed by atoms with E-state index in [9.17, 15) is 4.79 Å². The minimum absolute atomic E-state index is 0.281. The van der Waals surface area contributed by atoms with Crippen LogP contribution in [0.2, 0.25) is 0 Å². The smallest absolute Gasteiger partial charge is 0.336 e. The van der Waals surface area contributed by atoms with Gasteiger partial charge in [-0.05, 0) is 23.8 Å². The van der Waals surface area contributed by atoms with Crippen molar-refractivity contribution in [3.63, 3.8) is 0 Å². The lowest BCUT2D eigenvalue weighted by Crippen LogP contribution is -2.42. The van der Waals surface area contributed by atoms with Crippen LogP contribution < -0.4 is 5.32 Å². The molecule has 1 heterocycles. The maximum absolute atomic E-state index is 10.7. The molecular weight excluding hydrogens is 178 g/mol. The molecule has 2 N–H and O–H groups in total. The van der Waals surface area contributed by atoms with E-state index in [4.69, 9.17) is 5.11 Å². The summed E-state index contributed by atoms with van der Waals surface area (Å²) < 4.78 is 0.